The first-order chi connectivity index (χ1) is 12.5. The predicted octanol–water partition coefficient (Wildman–Crippen LogP) is 4.42. The number of nitrogens with one attached hydrogen (secondary N) is 1. The molecule has 0 fully saturated rings. The lowest BCUT2D eigenvalue weighted by Gasteiger charge is -2.13. The number of rotatable bonds is 18. The molecule has 0 radical (unpaired) electrons. The molecule has 0 spiro atoms. The van der Waals surface area contributed by atoms with Crippen LogP contribution in [0.25, 0.3) is 0 Å². The minimum Gasteiger partial charge on any atom is -0.480 e. The molecule has 6 heteroatoms. The molecule has 0 aliphatic heterocycles. The summed E-state index contributed by atoms with van der Waals surface area (Å²) in [6, 6.07) is -1.05. The third kappa shape index (κ3) is 16.6. The van der Waals surface area contributed by atoms with Crippen molar-refractivity contribution in [1.82, 2.24) is 5.32 Å². The molecule has 154 valence electrons. The van der Waals surface area contributed by atoms with Crippen molar-refractivity contribution >= 4 is 22.7 Å². The number of carbonyl (C=O) groups is 2. The van der Waals surface area contributed by atoms with E-state index < -0.39 is 22.8 Å². The van der Waals surface area contributed by atoms with Crippen LogP contribution < -0.4 is 5.32 Å². The van der Waals surface area contributed by atoms with Gasteiger partial charge in [0.05, 0.1) is 5.75 Å². The summed E-state index contributed by atoms with van der Waals surface area (Å²) in [6.07, 6.45) is 18.0. The Morgan fingerprint density at radius 1 is 0.846 bits per heavy atom. The van der Waals surface area contributed by atoms with Crippen molar-refractivity contribution in [3.8, 4) is 0 Å². The fourth-order valence-corrected chi connectivity index (χ4v) is 3.67. The molecule has 0 aromatic heterocycles. The molecule has 2 N–H and O–H groups in total. The molecule has 0 bridgehead atoms. The van der Waals surface area contributed by atoms with Crippen LogP contribution in [0.3, 0.4) is 0 Å². The van der Waals surface area contributed by atoms with Gasteiger partial charge in [-0.1, -0.05) is 84.0 Å². The van der Waals surface area contributed by atoms with Gasteiger partial charge >= 0.3 is 5.97 Å². The maximum atomic E-state index is 11.8. The monoisotopic (exact) mass is 389 g/mol. The SMILES string of the molecule is CCCCCCCCCCCCCCCC(=O)NC(CS(C)=O)C(=O)O. The number of hydrogen-bond donors (Lipinski definition) is 2. The van der Waals surface area contributed by atoms with E-state index in [0.717, 1.165) is 19.3 Å². The van der Waals surface area contributed by atoms with E-state index in [1.165, 1.54) is 70.5 Å². The number of amides is 1. The van der Waals surface area contributed by atoms with Crippen molar-refractivity contribution in [3.63, 3.8) is 0 Å². The van der Waals surface area contributed by atoms with Crippen LogP contribution in [0.2, 0.25) is 0 Å². The molecule has 1 amide bonds. The van der Waals surface area contributed by atoms with Crippen molar-refractivity contribution in [3.05, 3.63) is 0 Å². The number of unbranched alkanes of at least 4 members (excludes halogenated alkanes) is 12. The van der Waals surface area contributed by atoms with E-state index in [0.29, 0.717) is 6.42 Å². The van der Waals surface area contributed by atoms with Crippen LogP contribution in [0.5, 0.6) is 0 Å². The molecule has 0 aromatic carbocycles. The Kier molecular flexibility index (Phi) is 16.9. The molecular weight excluding hydrogens is 350 g/mol. The summed E-state index contributed by atoms with van der Waals surface area (Å²) in [5.41, 5.74) is 0. The smallest absolute Gasteiger partial charge is 0.327 e. The molecule has 0 saturated heterocycles. The Labute approximate surface area is 162 Å². The zero-order valence-electron chi connectivity index (χ0n) is 16.8. The number of carbonyl (C=O) groups excluding carboxylic acids is 1. The van der Waals surface area contributed by atoms with E-state index in [2.05, 4.69) is 12.2 Å². The van der Waals surface area contributed by atoms with E-state index in [1.807, 2.05) is 0 Å². The van der Waals surface area contributed by atoms with E-state index in [1.54, 1.807) is 0 Å². The Hall–Kier alpha value is -0.910. The Morgan fingerprint density at radius 2 is 1.27 bits per heavy atom. The van der Waals surface area contributed by atoms with E-state index in [-0.39, 0.29) is 11.7 Å². The lowest BCUT2D eigenvalue weighted by atomic mass is 10.0. The van der Waals surface area contributed by atoms with Crippen LogP contribution in [0, 0.1) is 0 Å². The average Bonchev–Trinajstić information content (AvgIpc) is 2.58. The van der Waals surface area contributed by atoms with Gasteiger partial charge in [0.1, 0.15) is 6.04 Å². The fraction of sp³-hybridized carbons (Fsp3) is 0.900. The highest BCUT2D eigenvalue weighted by Gasteiger charge is 2.20. The average molecular weight is 390 g/mol. The molecule has 2 atom stereocenters. The van der Waals surface area contributed by atoms with Gasteiger partial charge in [-0.25, -0.2) is 4.79 Å². The van der Waals surface area contributed by atoms with Crippen LogP contribution >= 0.6 is 0 Å². The second kappa shape index (κ2) is 17.5. The Bertz CT molecular complexity index is 401. The lowest BCUT2D eigenvalue weighted by Crippen LogP contribution is -2.44. The van der Waals surface area contributed by atoms with Crippen LogP contribution in [0.4, 0.5) is 0 Å². The molecule has 0 aromatic rings. The van der Waals surface area contributed by atoms with Crippen LogP contribution in [0.15, 0.2) is 0 Å². The topological polar surface area (TPSA) is 83.5 Å². The molecule has 5 nitrogen and oxygen atoms in total. The number of aliphatic carboxylic acids is 1. The van der Waals surface area contributed by atoms with Gasteiger partial charge in [-0.3, -0.25) is 9.00 Å². The summed E-state index contributed by atoms with van der Waals surface area (Å²) < 4.78 is 11.1. The Morgan fingerprint density at radius 3 is 1.65 bits per heavy atom. The minimum absolute atomic E-state index is 0.0420. The van der Waals surface area contributed by atoms with Gasteiger partial charge in [0.25, 0.3) is 0 Å². The van der Waals surface area contributed by atoms with Gasteiger partial charge in [0, 0.05) is 23.5 Å². The second-order valence-electron chi connectivity index (χ2n) is 7.19. The largest absolute Gasteiger partial charge is 0.480 e. The van der Waals surface area contributed by atoms with Crippen molar-refractivity contribution in [2.45, 2.75) is 103 Å². The van der Waals surface area contributed by atoms with E-state index in [4.69, 9.17) is 5.11 Å². The highest BCUT2D eigenvalue weighted by atomic mass is 32.2. The summed E-state index contributed by atoms with van der Waals surface area (Å²) in [7, 11) is -1.24. The lowest BCUT2D eigenvalue weighted by molar-refractivity contribution is -0.141. The molecule has 0 aliphatic rings. The maximum absolute atomic E-state index is 11.8. The van der Waals surface area contributed by atoms with Gasteiger partial charge in [-0.2, -0.15) is 0 Å². The van der Waals surface area contributed by atoms with Gasteiger partial charge in [-0.15, -0.1) is 0 Å². The Balaban J connectivity index is 3.47. The highest BCUT2D eigenvalue weighted by molar-refractivity contribution is 7.84. The third-order valence-electron chi connectivity index (χ3n) is 4.54. The van der Waals surface area contributed by atoms with E-state index in [9.17, 15) is 13.8 Å². The number of carboxylic acid groups (broad SMARTS) is 1. The van der Waals surface area contributed by atoms with Gasteiger partial charge in [0.2, 0.25) is 5.91 Å². The standard InChI is InChI=1S/C20H39NO4S/c1-3-4-5-6-7-8-9-10-11-12-13-14-15-16-19(22)21-18(20(23)24)17-26(2)25/h18H,3-17H2,1-2H3,(H,21,22)(H,23,24). The fourth-order valence-electron chi connectivity index (χ4n) is 2.98. The van der Waals surface area contributed by atoms with Gasteiger partial charge in [-0.05, 0) is 6.42 Å². The normalized spacial score (nSPS) is 13.3. The van der Waals surface area contributed by atoms with Gasteiger partial charge < -0.3 is 10.4 Å². The molecule has 0 aliphatic carbocycles. The third-order valence-corrected chi connectivity index (χ3v) is 5.34. The summed E-state index contributed by atoms with van der Waals surface area (Å²) in [5.74, 6) is -1.43. The zero-order chi connectivity index (χ0) is 19.6. The molecule has 0 heterocycles. The highest BCUT2D eigenvalue weighted by Crippen LogP contribution is 2.12. The maximum Gasteiger partial charge on any atom is 0.327 e. The van der Waals surface area contributed by atoms with Crippen LogP contribution in [-0.2, 0) is 20.4 Å². The van der Waals surface area contributed by atoms with Crippen molar-refractivity contribution in [1.29, 1.82) is 0 Å². The molecule has 2 unspecified atom stereocenters. The summed E-state index contributed by atoms with van der Waals surface area (Å²) in [4.78, 5) is 22.8. The molecular formula is C20H39NO4S. The first kappa shape index (κ1) is 25.1. The first-order valence-corrected chi connectivity index (χ1v) is 12.0. The van der Waals surface area contributed by atoms with Gasteiger partial charge in [0.15, 0.2) is 0 Å². The van der Waals surface area contributed by atoms with Crippen LogP contribution in [0.1, 0.15) is 96.8 Å². The zero-order valence-corrected chi connectivity index (χ0v) is 17.6. The van der Waals surface area contributed by atoms with Crippen molar-refractivity contribution in [2.24, 2.45) is 0 Å². The summed E-state index contributed by atoms with van der Waals surface area (Å²) in [6.45, 7) is 2.24. The van der Waals surface area contributed by atoms with E-state index >= 15 is 0 Å². The second-order valence-corrected chi connectivity index (χ2v) is 8.67. The van der Waals surface area contributed by atoms with Crippen LogP contribution in [-0.4, -0.2) is 39.2 Å². The van der Waals surface area contributed by atoms with Crippen molar-refractivity contribution < 1.29 is 18.9 Å². The molecule has 26 heavy (non-hydrogen) atoms. The quantitative estimate of drug-likeness (QED) is 0.340. The number of hydrogen-bond acceptors (Lipinski definition) is 3. The summed E-state index contributed by atoms with van der Waals surface area (Å²) >= 11 is 0. The van der Waals surface area contributed by atoms with Crippen molar-refractivity contribution in [2.75, 3.05) is 12.0 Å². The minimum atomic E-state index is -1.24. The summed E-state index contributed by atoms with van der Waals surface area (Å²) in [5, 5.41) is 11.5. The molecule has 0 saturated carbocycles. The molecule has 0 rings (SSSR count). The predicted molar refractivity (Wildman–Crippen MR) is 109 cm³/mol. The number of carboxylic acids is 1. The first-order valence-electron chi connectivity index (χ1n) is 10.3.